The average molecular weight is 383 g/mol. The van der Waals surface area contributed by atoms with Crippen LogP contribution in [0.1, 0.15) is 37.1 Å². The second-order valence-corrected chi connectivity index (χ2v) is 8.39. The number of likely N-dealkylation sites (tertiary alicyclic amines) is 1. The van der Waals surface area contributed by atoms with E-state index in [4.69, 9.17) is 0 Å². The van der Waals surface area contributed by atoms with Crippen LogP contribution in [0, 0.1) is 32.6 Å². The van der Waals surface area contributed by atoms with Crippen molar-refractivity contribution in [1.29, 1.82) is 0 Å². The number of hydrogen-bond donors (Lipinski definition) is 1. The molecule has 0 spiro atoms. The molecule has 0 aliphatic carbocycles. The third-order valence-electron chi connectivity index (χ3n) is 5.13. The third-order valence-corrected chi connectivity index (χ3v) is 5.13. The Labute approximate surface area is 166 Å². The third kappa shape index (κ3) is 4.80. The van der Waals surface area contributed by atoms with E-state index in [0.717, 1.165) is 36.3 Å². The number of carbonyl (C=O) groups is 1. The molecule has 1 aliphatic heterocycles. The number of rotatable bonds is 4. The van der Waals surface area contributed by atoms with Crippen molar-refractivity contribution in [2.24, 2.45) is 11.8 Å². The molecule has 0 bridgehead atoms. The zero-order valence-corrected chi connectivity index (χ0v) is 17.5. The van der Waals surface area contributed by atoms with E-state index in [1.54, 1.807) is 6.92 Å². The molecule has 1 saturated heterocycles. The van der Waals surface area contributed by atoms with Crippen LogP contribution in [0.4, 0.5) is 11.6 Å². The molecule has 1 aromatic heterocycles. The maximum Gasteiger partial charge on any atom is 0.255 e. The Hall–Kier alpha value is -2.63. The molecule has 1 N–H and O–H groups in total. The van der Waals surface area contributed by atoms with Crippen LogP contribution in [0.2, 0.25) is 0 Å². The minimum atomic E-state index is -0.217. The molecular formula is C22H30N4O2. The molecule has 3 rings (SSSR count). The predicted octanol–water partition coefficient (Wildman–Crippen LogP) is 3.42. The van der Waals surface area contributed by atoms with Crippen molar-refractivity contribution >= 4 is 17.5 Å². The summed E-state index contributed by atoms with van der Waals surface area (Å²) in [6, 6.07) is 7.56. The Morgan fingerprint density at radius 1 is 1.07 bits per heavy atom. The Kier molecular flexibility index (Phi) is 5.87. The van der Waals surface area contributed by atoms with Crippen LogP contribution >= 0.6 is 0 Å². The number of benzene rings is 1. The van der Waals surface area contributed by atoms with Gasteiger partial charge in [0.1, 0.15) is 6.54 Å². The van der Waals surface area contributed by atoms with Crippen molar-refractivity contribution in [3.05, 3.63) is 51.4 Å². The van der Waals surface area contributed by atoms with E-state index in [-0.39, 0.29) is 18.0 Å². The first-order valence-electron chi connectivity index (χ1n) is 9.93. The number of anilines is 2. The lowest BCUT2D eigenvalue weighted by Gasteiger charge is -2.35. The number of nitrogens with zero attached hydrogens (tertiary/aromatic N) is 3. The van der Waals surface area contributed by atoms with Crippen molar-refractivity contribution in [1.82, 2.24) is 14.5 Å². The molecule has 2 unspecified atom stereocenters. The van der Waals surface area contributed by atoms with Crippen molar-refractivity contribution in [2.75, 3.05) is 18.4 Å². The highest BCUT2D eigenvalue weighted by Crippen LogP contribution is 2.22. The fourth-order valence-corrected chi connectivity index (χ4v) is 4.15. The fraction of sp³-hybridized carbons (Fsp3) is 0.500. The van der Waals surface area contributed by atoms with Crippen LogP contribution in [0.5, 0.6) is 0 Å². The molecule has 6 heteroatoms. The molecule has 2 aromatic rings. The smallest absolute Gasteiger partial charge is 0.255 e. The standard InChI is InChI=1S/C22H30N4O2/c1-14-6-15(2)9-19(8-14)24-22-23-18(5)10-20(27)26(22)13-21(28)25-11-16(3)7-17(4)12-25/h6,8-10,16-17H,7,11-13H2,1-5H3,(H,23,24). The van der Waals surface area contributed by atoms with Gasteiger partial charge in [-0.15, -0.1) is 0 Å². The number of aromatic nitrogens is 2. The van der Waals surface area contributed by atoms with Crippen molar-refractivity contribution in [3.63, 3.8) is 0 Å². The van der Waals surface area contributed by atoms with Gasteiger partial charge in [-0.1, -0.05) is 19.9 Å². The van der Waals surface area contributed by atoms with Gasteiger partial charge in [0, 0.05) is 30.5 Å². The van der Waals surface area contributed by atoms with Crippen molar-refractivity contribution in [3.8, 4) is 0 Å². The van der Waals surface area contributed by atoms with Gasteiger partial charge in [0.05, 0.1) is 0 Å². The zero-order chi connectivity index (χ0) is 20.4. The summed E-state index contributed by atoms with van der Waals surface area (Å²) in [5.41, 5.74) is 3.51. The van der Waals surface area contributed by atoms with E-state index in [1.165, 1.54) is 10.6 Å². The lowest BCUT2D eigenvalue weighted by atomic mass is 9.92. The van der Waals surface area contributed by atoms with Gasteiger partial charge in [0.2, 0.25) is 11.9 Å². The number of nitrogens with one attached hydrogen (secondary N) is 1. The van der Waals surface area contributed by atoms with Gasteiger partial charge in [-0.05, 0) is 62.3 Å². The second kappa shape index (κ2) is 8.17. The summed E-state index contributed by atoms with van der Waals surface area (Å²) in [7, 11) is 0. The molecule has 1 aliphatic rings. The Morgan fingerprint density at radius 3 is 2.29 bits per heavy atom. The first-order valence-corrected chi connectivity index (χ1v) is 9.93. The topological polar surface area (TPSA) is 67.2 Å². The van der Waals surface area contributed by atoms with E-state index >= 15 is 0 Å². The highest BCUT2D eigenvalue weighted by atomic mass is 16.2. The zero-order valence-electron chi connectivity index (χ0n) is 17.5. The van der Waals surface area contributed by atoms with Gasteiger partial charge in [0.25, 0.3) is 5.56 Å². The van der Waals surface area contributed by atoms with Gasteiger partial charge in [-0.2, -0.15) is 0 Å². The minimum absolute atomic E-state index is 0.00131. The van der Waals surface area contributed by atoms with E-state index in [2.05, 4.69) is 30.2 Å². The Morgan fingerprint density at radius 2 is 1.68 bits per heavy atom. The molecule has 2 atom stereocenters. The summed E-state index contributed by atoms with van der Waals surface area (Å²) in [5, 5.41) is 3.24. The monoisotopic (exact) mass is 382 g/mol. The molecule has 1 aromatic carbocycles. The van der Waals surface area contributed by atoms with Crippen LogP contribution < -0.4 is 10.9 Å². The minimum Gasteiger partial charge on any atom is -0.341 e. The van der Waals surface area contributed by atoms with E-state index in [0.29, 0.717) is 23.5 Å². The molecule has 6 nitrogen and oxygen atoms in total. The van der Waals surface area contributed by atoms with Crippen LogP contribution in [0.3, 0.4) is 0 Å². The Balaban J connectivity index is 1.88. The quantitative estimate of drug-likeness (QED) is 0.880. The number of hydrogen-bond acceptors (Lipinski definition) is 4. The van der Waals surface area contributed by atoms with E-state index in [1.807, 2.05) is 30.9 Å². The molecule has 2 heterocycles. The highest BCUT2D eigenvalue weighted by molar-refractivity contribution is 5.76. The fourth-order valence-electron chi connectivity index (χ4n) is 4.15. The summed E-state index contributed by atoms with van der Waals surface area (Å²) in [5.74, 6) is 1.33. The summed E-state index contributed by atoms with van der Waals surface area (Å²) in [6.07, 6.45) is 1.13. The molecule has 1 fully saturated rings. The first kappa shape index (κ1) is 20.1. The van der Waals surface area contributed by atoms with E-state index in [9.17, 15) is 9.59 Å². The lowest BCUT2D eigenvalue weighted by Crippen LogP contribution is -2.45. The van der Waals surface area contributed by atoms with Gasteiger partial charge in [0.15, 0.2) is 0 Å². The number of aryl methyl sites for hydroxylation is 3. The van der Waals surface area contributed by atoms with Gasteiger partial charge >= 0.3 is 0 Å². The number of carbonyl (C=O) groups excluding carboxylic acids is 1. The summed E-state index contributed by atoms with van der Waals surface area (Å²) < 4.78 is 1.44. The highest BCUT2D eigenvalue weighted by Gasteiger charge is 2.26. The molecule has 28 heavy (non-hydrogen) atoms. The maximum absolute atomic E-state index is 12.9. The molecular weight excluding hydrogens is 352 g/mol. The predicted molar refractivity (Wildman–Crippen MR) is 112 cm³/mol. The lowest BCUT2D eigenvalue weighted by molar-refractivity contribution is -0.134. The van der Waals surface area contributed by atoms with E-state index < -0.39 is 0 Å². The molecule has 0 saturated carbocycles. The van der Waals surface area contributed by atoms with Crippen LogP contribution in [-0.4, -0.2) is 33.4 Å². The van der Waals surface area contributed by atoms with Gasteiger partial charge in [-0.3, -0.25) is 14.2 Å². The summed E-state index contributed by atoms with van der Waals surface area (Å²) in [6.45, 7) is 11.7. The number of amides is 1. The average Bonchev–Trinajstić information content (AvgIpc) is 2.56. The maximum atomic E-state index is 12.9. The SMILES string of the molecule is Cc1cc(C)cc(Nc2nc(C)cc(=O)n2CC(=O)N2CC(C)CC(C)C2)c1. The summed E-state index contributed by atoms with van der Waals surface area (Å²) in [4.78, 5) is 31.9. The Bertz CT molecular complexity index is 904. The normalized spacial score (nSPS) is 19.5. The van der Waals surface area contributed by atoms with Crippen LogP contribution in [0.25, 0.3) is 0 Å². The van der Waals surface area contributed by atoms with Gasteiger partial charge in [-0.25, -0.2) is 4.98 Å². The van der Waals surface area contributed by atoms with Crippen molar-refractivity contribution in [2.45, 2.75) is 47.6 Å². The van der Waals surface area contributed by atoms with Crippen LogP contribution in [0.15, 0.2) is 29.1 Å². The van der Waals surface area contributed by atoms with Crippen molar-refractivity contribution < 1.29 is 4.79 Å². The second-order valence-electron chi connectivity index (χ2n) is 8.39. The summed E-state index contributed by atoms with van der Waals surface area (Å²) >= 11 is 0. The number of piperidine rings is 1. The van der Waals surface area contributed by atoms with Crippen LogP contribution in [-0.2, 0) is 11.3 Å². The molecule has 0 radical (unpaired) electrons. The largest absolute Gasteiger partial charge is 0.341 e. The molecule has 150 valence electrons. The first-order chi connectivity index (χ1) is 13.2. The van der Waals surface area contributed by atoms with Gasteiger partial charge < -0.3 is 10.2 Å². The molecule has 1 amide bonds.